The number of nitrogens with zero attached hydrogens (tertiary/aromatic N) is 3. The molecule has 2 aromatic heterocycles. The molecule has 11 heteroatoms. The molecule has 2 aromatic carbocycles. The van der Waals surface area contributed by atoms with Crippen molar-refractivity contribution in [2.45, 2.75) is 19.9 Å². The molecule has 4 aromatic rings. The Balaban J connectivity index is 1.64. The van der Waals surface area contributed by atoms with Crippen LogP contribution in [0.25, 0.3) is 17.4 Å². The van der Waals surface area contributed by atoms with Gasteiger partial charge in [0.25, 0.3) is 11.2 Å². The van der Waals surface area contributed by atoms with Crippen LogP contribution in [0.1, 0.15) is 31.2 Å². The first kappa shape index (κ1) is 25.0. The van der Waals surface area contributed by atoms with Gasteiger partial charge in [-0.15, -0.1) is 0 Å². The maximum atomic E-state index is 13.7. The molecule has 1 aliphatic heterocycles. The first-order valence-corrected chi connectivity index (χ1v) is 12.4. The Bertz CT molecular complexity index is 1780. The third kappa shape index (κ3) is 4.48. The number of nitro benzene ring substituents is 1. The number of carbonyl (C=O) groups is 1. The Morgan fingerprint density at radius 3 is 2.66 bits per heavy atom. The second-order valence-electron chi connectivity index (χ2n) is 8.33. The number of nitro groups is 1. The molecule has 0 saturated heterocycles. The van der Waals surface area contributed by atoms with Gasteiger partial charge in [0.1, 0.15) is 17.3 Å². The Labute approximate surface area is 218 Å². The highest BCUT2D eigenvalue weighted by molar-refractivity contribution is 7.07. The van der Waals surface area contributed by atoms with E-state index in [1.165, 1.54) is 41.0 Å². The quantitative estimate of drug-likeness (QED) is 0.209. The van der Waals surface area contributed by atoms with Crippen LogP contribution >= 0.6 is 11.3 Å². The summed E-state index contributed by atoms with van der Waals surface area (Å²) in [5, 5.41) is 11.4. The van der Waals surface area contributed by atoms with Crippen molar-refractivity contribution in [2.75, 3.05) is 6.61 Å². The number of halogens is 1. The molecule has 5 rings (SSSR count). The molecule has 3 heterocycles. The molecule has 0 bridgehead atoms. The number of carbonyl (C=O) groups excluding carboxylic acids is 1. The van der Waals surface area contributed by atoms with Gasteiger partial charge in [-0.2, -0.15) is 0 Å². The molecule has 0 aliphatic carbocycles. The highest BCUT2D eigenvalue weighted by Crippen LogP contribution is 2.32. The van der Waals surface area contributed by atoms with Gasteiger partial charge in [-0.25, -0.2) is 14.2 Å². The second kappa shape index (κ2) is 10.0. The van der Waals surface area contributed by atoms with E-state index >= 15 is 0 Å². The maximum Gasteiger partial charge on any atom is 0.338 e. The minimum Gasteiger partial charge on any atom is -0.463 e. The minimum atomic E-state index is -0.868. The summed E-state index contributed by atoms with van der Waals surface area (Å²) >= 11 is 1.10. The molecule has 0 amide bonds. The van der Waals surface area contributed by atoms with Gasteiger partial charge in [-0.3, -0.25) is 19.5 Å². The number of hydrogen-bond donors (Lipinski definition) is 0. The number of para-hydroxylation sites is 1. The van der Waals surface area contributed by atoms with Crippen molar-refractivity contribution in [1.29, 1.82) is 0 Å². The van der Waals surface area contributed by atoms with Crippen molar-refractivity contribution in [3.63, 3.8) is 0 Å². The summed E-state index contributed by atoms with van der Waals surface area (Å²) < 4.78 is 26.4. The zero-order chi connectivity index (χ0) is 27.0. The molecule has 1 unspecified atom stereocenters. The maximum absolute atomic E-state index is 13.7. The van der Waals surface area contributed by atoms with Gasteiger partial charge in [0.2, 0.25) is 0 Å². The smallest absolute Gasteiger partial charge is 0.338 e. The van der Waals surface area contributed by atoms with E-state index in [9.17, 15) is 24.1 Å². The van der Waals surface area contributed by atoms with Crippen LogP contribution in [-0.2, 0) is 9.53 Å². The summed E-state index contributed by atoms with van der Waals surface area (Å²) in [4.78, 5) is 42.3. The third-order valence-electron chi connectivity index (χ3n) is 5.97. The van der Waals surface area contributed by atoms with E-state index in [4.69, 9.17) is 9.15 Å². The number of esters is 1. The molecule has 0 saturated carbocycles. The fraction of sp³-hybridized carbons (Fsp3) is 0.148. The molecule has 0 radical (unpaired) electrons. The number of benzene rings is 2. The van der Waals surface area contributed by atoms with E-state index in [1.54, 1.807) is 44.2 Å². The van der Waals surface area contributed by atoms with Crippen molar-refractivity contribution in [1.82, 2.24) is 4.57 Å². The summed E-state index contributed by atoms with van der Waals surface area (Å²) in [6.07, 6.45) is 1.52. The van der Waals surface area contributed by atoms with Crippen molar-refractivity contribution < 1.29 is 23.3 Å². The van der Waals surface area contributed by atoms with Crippen LogP contribution < -0.4 is 14.9 Å². The van der Waals surface area contributed by atoms with E-state index in [1.807, 2.05) is 0 Å². The van der Waals surface area contributed by atoms with Gasteiger partial charge in [0.15, 0.2) is 4.80 Å². The lowest BCUT2D eigenvalue weighted by molar-refractivity contribution is -0.384. The van der Waals surface area contributed by atoms with Crippen LogP contribution in [0.4, 0.5) is 10.1 Å². The van der Waals surface area contributed by atoms with Crippen LogP contribution in [0.2, 0.25) is 0 Å². The predicted octanol–water partition coefficient (Wildman–Crippen LogP) is 4.11. The monoisotopic (exact) mass is 533 g/mol. The number of aromatic nitrogens is 1. The molecular formula is C27H20FN3O6S. The fourth-order valence-electron chi connectivity index (χ4n) is 4.30. The number of furan rings is 1. The van der Waals surface area contributed by atoms with E-state index < -0.39 is 28.3 Å². The molecule has 0 fully saturated rings. The van der Waals surface area contributed by atoms with Gasteiger partial charge in [0.05, 0.1) is 38.9 Å². The Morgan fingerprint density at radius 2 is 1.95 bits per heavy atom. The van der Waals surface area contributed by atoms with Crippen molar-refractivity contribution in [3.05, 3.63) is 119 Å². The first-order valence-electron chi connectivity index (χ1n) is 11.6. The lowest BCUT2D eigenvalue weighted by Crippen LogP contribution is -2.39. The molecular weight excluding hydrogens is 513 g/mol. The predicted molar refractivity (Wildman–Crippen MR) is 138 cm³/mol. The zero-order valence-corrected chi connectivity index (χ0v) is 21.0. The van der Waals surface area contributed by atoms with Gasteiger partial charge in [0, 0.05) is 12.1 Å². The fourth-order valence-corrected chi connectivity index (χ4v) is 5.32. The third-order valence-corrected chi connectivity index (χ3v) is 6.95. The van der Waals surface area contributed by atoms with Crippen molar-refractivity contribution in [2.24, 2.45) is 4.99 Å². The van der Waals surface area contributed by atoms with Crippen LogP contribution in [0.5, 0.6) is 0 Å². The van der Waals surface area contributed by atoms with Crippen molar-refractivity contribution in [3.8, 4) is 11.3 Å². The molecule has 9 nitrogen and oxygen atoms in total. The Hall–Kier alpha value is -4.64. The highest BCUT2D eigenvalue weighted by atomic mass is 32.1. The molecule has 38 heavy (non-hydrogen) atoms. The van der Waals surface area contributed by atoms with Crippen molar-refractivity contribution >= 4 is 29.1 Å². The van der Waals surface area contributed by atoms with Crippen LogP contribution in [0.3, 0.4) is 0 Å². The normalized spacial score (nSPS) is 15.2. The Morgan fingerprint density at radius 1 is 1.21 bits per heavy atom. The lowest BCUT2D eigenvalue weighted by Gasteiger charge is -2.24. The average molecular weight is 534 g/mol. The van der Waals surface area contributed by atoms with E-state index in [0.29, 0.717) is 27.4 Å². The number of thiazole rings is 1. The number of hydrogen-bond acceptors (Lipinski definition) is 8. The van der Waals surface area contributed by atoms with E-state index in [0.717, 1.165) is 11.3 Å². The molecule has 0 N–H and O–H groups in total. The molecule has 192 valence electrons. The molecule has 1 aliphatic rings. The molecule has 1 atom stereocenters. The largest absolute Gasteiger partial charge is 0.463 e. The Kier molecular flexibility index (Phi) is 6.60. The summed E-state index contributed by atoms with van der Waals surface area (Å²) in [6.45, 7) is 3.47. The zero-order valence-electron chi connectivity index (χ0n) is 20.2. The number of rotatable bonds is 6. The van der Waals surface area contributed by atoms with Gasteiger partial charge in [-0.05, 0) is 49.7 Å². The van der Waals surface area contributed by atoms with Crippen LogP contribution in [0, 0.1) is 15.9 Å². The standard InChI is InChI=1S/C27H20FN3O6S/c1-3-36-26(33)23-15(2)29-27-30(24(23)16-8-10-17(28)11-9-16)25(32)22(38-27)14-18-12-13-21(37-18)19-6-4-5-7-20(19)31(34)35/h4-14,24H,3H2,1-2H3/b22-14+. The topological polar surface area (TPSA) is 117 Å². The van der Waals surface area contributed by atoms with Gasteiger partial charge >= 0.3 is 5.97 Å². The summed E-state index contributed by atoms with van der Waals surface area (Å²) in [5.41, 5.74) is 0.879. The minimum absolute atomic E-state index is 0.103. The van der Waals surface area contributed by atoms with E-state index in [-0.39, 0.29) is 28.2 Å². The summed E-state index contributed by atoms with van der Waals surface area (Å²) in [7, 11) is 0. The number of allylic oxidation sites excluding steroid dienone is 1. The van der Waals surface area contributed by atoms with Crippen LogP contribution in [-0.4, -0.2) is 22.1 Å². The highest BCUT2D eigenvalue weighted by Gasteiger charge is 2.33. The van der Waals surface area contributed by atoms with Gasteiger partial charge in [-0.1, -0.05) is 35.6 Å². The second-order valence-corrected chi connectivity index (χ2v) is 9.34. The first-order chi connectivity index (χ1) is 18.3. The lowest BCUT2D eigenvalue weighted by atomic mass is 9.96. The van der Waals surface area contributed by atoms with Crippen LogP contribution in [0.15, 0.2) is 86.1 Å². The average Bonchev–Trinajstić information content (AvgIpc) is 3.48. The number of ether oxygens (including phenoxy) is 1. The SMILES string of the molecule is CCOC(=O)C1=C(C)N=c2s/c(=C/c3ccc(-c4ccccc4[N+](=O)[O-])o3)c(=O)n2C1c1ccc(F)cc1. The summed E-state index contributed by atoms with van der Waals surface area (Å²) in [6, 6.07) is 14.1. The molecule has 0 spiro atoms. The van der Waals surface area contributed by atoms with Gasteiger partial charge < -0.3 is 9.15 Å². The number of fused-ring (bicyclic) bond motifs is 1. The summed E-state index contributed by atoms with van der Waals surface area (Å²) in [5.74, 6) is -0.478. The van der Waals surface area contributed by atoms with E-state index in [2.05, 4.69) is 4.99 Å².